The van der Waals surface area contributed by atoms with Gasteiger partial charge in [0.15, 0.2) is 11.6 Å². The summed E-state index contributed by atoms with van der Waals surface area (Å²) < 4.78 is 5.37. The molecule has 1 heterocycles. The summed E-state index contributed by atoms with van der Waals surface area (Å²) in [5, 5.41) is 14.2. The molecule has 0 aliphatic heterocycles. The van der Waals surface area contributed by atoms with Crippen LogP contribution in [0.1, 0.15) is 5.76 Å². The number of para-hydroxylation sites is 1. The predicted octanol–water partition coefficient (Wildman–Crippen LogP) is 0.978. The van der Waals surface area contributed by atoms with E-state index in [2.05, 4.69) is 10.5 Å². The first kappa shape index (κ1) is 9.39. The van der Waals surface area contributed by atoms with E-state index in [-0.39, 0.29) is 17.3 Å². The fraction of sp³-hybridized carbons (Fsp3) is 0.100. The van der Waals surface area contributed by atoms with Crippen molar-refractivity contribution in [2.24, 2.45) is 10.8 Å². The minimum atomic E-state index is 0.0158. The van der Waals surface area contributed by atoms with Gasteiger partial charge in [-0.25, -0.2) is 0 Å². The Kier molecular flexibility index (Phi) is 2.21. The monoisotopic (exact) mass is 205 g/mol. The summed E-state index contributed by atoms with van der Waals surface area (Å²) in [6.45, 7) is 0. The van der Waals surface area contributed by atoms with Gasteiger partial charge in [0.25, 0.3) is 0 Å². The molecule has 5 heteroatoms. The predicted molar refractivity (Wildman–Crippen MR) is 57.7 cm³/mol. The average Bonchev–Trinajstić information content (AvgIpc) is 2.57. The van der Waals surface area contributed by atoms with Gasteiger partial charge in [0.05, 0.1) is 5.39 Å². The van der Waals surface area contributed by atoms with Crippen LogP contribution in [-0.2, 0) is 0 Å². The Morgan fingerprint density at radius 2 is 2.20 bits per heavy atom. The summed E-state index contributed by atoms with van der Waals surface area (Å²) >= 11 is 0. The number of hydrogen-bond acceptors (Lipinski definition) is 4. The number of benzene rings is 1. The van der Waals surface area contributed by atoms with Crippen molar-refractivity contribution >= 4 is 16.8 Å². The van der Waals surface area contributed by atoms with Crippen molar-refractivity contribution < 1.29 is 9.52 Å². The Labute approximate surface area is 86.2 Å². The number of nitrogens with two attached hydrogens (primary N) is 1. The molecule has 15 heavy (non-hydrogen) atoms. The molecule has 0 aliphatic rings. The molecule has 1 aromatic carbocycles. The highest BCUT2D eigenvalue weighted by atomic mass is 16.4. The number of nitrogens with one attached hydrogen (secondary N) is 1. The molecule has 0 spiro atoms. The number of aromatic hydroxyl groups is 1. The minimum Gasteiger partial charge on any atom is -0.504 e. The highest BCUT2D eigenvalue weighted by Crippen LogP contribution is 2.31. The molecule has 0 saturated carbocycles. The molecule has 0 atom stereocenters. The summed E-state index contributed by atoms with van der Waals surface area (Å²) in [4.78, 5) is 0. The molecular formula is C10H11N3O2. The van der Waals surface area contributed by atoms with E-state index in [1.165, 1.54) is 0 Å². The quantitative estimate of drug-likeness (QED) is 0.387. The summed E-state index contributed by atoms with van der Waals surface area (Å²) in [5.41, 5.74) is 8.72. The van der Waals surface area contributed by atoms with Crippen LogP contribution in [0.15, 0.2) is 33.8 Å². The van der Waals surface area contributed by atoms with Crippen molar-refractivity contribution in [3.8, 4) is 5.75 Å². The zero-order chi connectivity index (χ0) is 10.8. The van der Waals surface area contributed by atoms with Crippen molar-refractivity contribution in [1.29, 1.82) is 0 Å². The minimum absolute atomic E-state index is 0.0158. The van der Waals surface area contributed by atoms with E-state index in [1.54, 1.807) is 19.2 Å². The van der Waals surface area contributed by atoms with Gasteiger partial charge < -0.3 is 20.7 Å². The molecule has 0 saturated heterocycles. The Balaban J connectivity index is 2.63. The van der Waals surface area contributed by atoms with Crippen LogP contribution in [0.5, 0.6) is 5.75 Å². The van der Waals surface area contributed by atoms with Gasteiger partial charge in [-0.15, -0.1) is 0 Å². The Morgan fingerprint density at radius 3 is 2.87 bits per heavy atom. The Morgan fingerprint density at radius 1 is 1.47 bits per heavy atom. The van der Waals surface area contributed by atoms with Crippen LogP contribution in [0.25, 0.3) is 11.0 Å². The number of nitrogens with zero attached hydrogens (tertiary/aromatic N) is 1. The first-order valence-corrected chi connectivity index (χ1v) is 4.45. The van der Waals surface area contributed by atoms with E-state index in [0.29, 0.717) is 11.0 Å². The number of rotatable bonds is 2. The van der Waals surface area contributed by atoms with Crippen molar-refractivity contribution in [2.75, 3.05) is 7.05 Å². The molecule has 2 aromatic rings. The highest BCUT2D eigenvalue weighted by Gasteiger charge is 2.15. The largest absolute Gasteiger partial charge is 0.504 e. The van der Waals surface area contributed by atoms with Crippen LogP contribution in [0, 0.1) is 0 Å². The van der Waals surface area contributed by atoms with Crippen LogP contribution >= 0.6 is 0 Å². The fourth-order valence-electron chi connectivity index (χ4n) is 1.38. The van der Waals surface area contributed by atoms with Crippen molar-refractivity contribution in [1.82, 2.24) is 5.43 Å². The molecule has 0 aliphatic carbocycles. The van der Waals surface area contributed by atoms with E-state index in [1.807, 2.05) is 12.1 Å². The third-order valence-corrected chi connectivity index (χ3v) is 2.03. The molecular weight excluding hydrogens is 194 g/mol. The van der Waals surface area contributed by atoms with Crippen LogP contribution in [-0.4, -0.2) is 18.0 Å². The van der Waals surface area contributed by atoms with Crippen LogP contribution in [0.4, 0.5) is 0 Å². The van der Waals surface area contributed by atoms with Crippen LogP contribution in [0.2, 0.25) is 0 Å². The lowest BCUT2D eigenvalue weighted by Crippen LogP contribution is -2.16. The lowest BCUT2D eigenvalue weighted by molar-refractivity contribution is 0.460. The maximum absolute atomic E-state index is 9.80. The molecule has 0 amide bonds. The molecule has 5 nitrogen and oxygen atoms in total. The van der Waals surface area contributed by atoms with Gasteiger partial charge in [-0.2, -0.15) is 5.10 Å². The van der Waals surface area contributed by atoms with Gasteiger partial charge in [0, 0.05) is 7.05 Å². The molecule has 1 aromatic heterocycles. The summed E-state index contributed by atoms with van der Waals surface area (Å²) in [6, 6.07) is 7.14. The molecule has 2 rings (SSSR count). The third kappa shape index (κ3) is 1.48. The van der Waals surface area contributed by atoms with E-state index >= 15 is 0 Å². The lowest BCUT2D eigenvalue weighted by Gasteiger charge is -1.95. The standard InChI is InChI=1S/C10H11N3O2/c1-12-13-10(11)9-8(14)6-4-2-3-5-7(6)15-9/h2-5,12,14H,1H3,(H2,11,13). The van der Waals surface area contributed by atoms with Gasteiger partial charge in [-0.1, -0.05) is 12.1 Å². The second-order valence-corrected chi connectivity index (χ2v) is 3.00. The van der Waals surface area contributed by atoms with Crippen molar-refractivity contribution in [3.63, 3.8) is 0 Å². The van der Waals surface area contributed by atoms with Crippen molar-refractivity contribution in [3.05, 3.63) is 30.0 Å². The normalized spacial score (nSPS) is 11.9. The molecule has 0 radical (unpaired) electrons. The topological polar surface area (TPSA) is 83.8 Å². The number of fused-ring (bicyclic) bond motifs is 1. The van der Waals surface area contributed by atoms with Gasteiger partial charge in [0.1, 0.15) is 5.58 Å². The number of hydrazone groups is 1. The van der Waals surface area contributed by atoms with E-state index in [4.69, 9.17) is 10.2 Å². The molecule has 78 valence electrons. The number of furan rings is 1. The lowest BCUT2D eigenvalue weighted by atomic mass is 10.2. The molecule has 0 unspecified atom stereocenters. The van der Waals surface area contributed by atoms with Gasteiger partial charge in [0.2, 0.25) is 5.76 Å². The smallest absolute Gasteiger partial charge is 0.213 e. The maximum Gasteiger partial charge on any atom is 0.213 e. The van der Waals surface area contributed by atoms with Gasteiger partial charge >= 0.3 is 0 Å². The van der Waals surface area contributed by atoms with Crippen LogP contribution < -0.4 is 11.2 Å². The van der Waals surface area contributed by atoms with Crippen molar-refractivity contribution in [2.45, 2.75) is 0 Å². The summed E-state index contributed by atoms with van der Waals surface area (Å²) in [6.07, 6.45) is 0. The zero-order valence-corrected chi connectivity index (χ0v) is 8.19. The van der Waals surface area contributed by atoms with Gasteiger partial charge in [-0.3, -0.25) is 0 Å². The number of hydrogen-bond donors (Lipinski definition) is 3. The van der Waals surface area contributed by atoms with E-state index in [9.17, 15) is 5.11 Å². The molecule has 0 fully saturated rings. The molecule has 0 bridgehead atoms. The Bertz CT molecular complexity index is 516. The number of amidine groups is 1. The summed E-state index contributed by atoms with van der Waals surface area (Å²) in [7, 11) is 1.62. The third-order valence-electron chi connectivity index (χ3n) is 2.03. The van der Waals surface area contributed by atoms with Crippen LogP contribution in [0.3, 0.4) is 0 Å². The second-order valence-electron chi connectivity index (χ2n) is 3.00. The SMILES string of the molecule is CNN=C(N)c1oc2ccccc2c1O. The van der Waals surface area contributed by atoms with Gasteiger partial charge in [-0.05, 0) is 12.1 Å². The molecule has 4 N–H and O–H groups in total. The van der Waals surface area contributed by atoms with E-state index in [0.717, 1.165) is 0 Å². The fourth-order valence-corrected chi connectivity index (χ4v) is 1.38. The second kappa shape index (κ2) is 3.53. The zero-order valence-electron chi connectivity index (χ0n) is 8.19. The average molecular weight is 205 g/mol. The highest BCUT2D eigenvalue weighted by molar-refractivity contribution is 6.03. The van der Waals surface area contributed by atoms with E-state index < -0.39 is 0 Å². The maximum atomic E-state index is 9.80. The first-order chi connectivity index (χ1) is 7.24. The first-order valence-electron chi connectivity index (χ1n) is 4.45. The summed E-state index contributed by atoms with van der Waals surface area (Å²) in [5.74, 6) is 0.318. The Hall–Kier alpha value is -2.17.